The van der Waals surface area contributed by atoms with Crippen molar-refractivity contribution < 1.29 is 19.8 Å². The fourth-order valence-electron chi connectivity index (χ4n) is 1.46. The molecule has 4 N–H and O–H groups in total. The maximum atomic E-state index is 11.5. The van der Waals surface area contributed by atoms with Gasteiger partial charge in [-0.05, 0) is 25.5 Å². The molecule has 1 unspecified atom stereocenters. The largest absolute Gasteiger partial charge is 0.480 e. The van der Waals surface area contributed by atoms with E-state index >= 15 is 0 Å². The predicted octanol–water partition coefficient (Wildman–Crippen LogP) is 0.870. The van der Waals surface area contributed by atoms with E-state index in [9.17, 15) is 9.59 Å². The Kier molecular flexibility index (Phi) is 4.67. The zero-order valence-corrected chi connectivity index (χ0v) is 10.2. The lowest BCUT2D eigenvalue weighted by Crippen LogP contribution is -2.45. The Bertz CT molecular complexity index is 459. The molecule has 1 aromatic rings. The first-order chi connectivity index (χ1) is 8.43. The summed E-state index contributed by atoms with van der Waals surface area (Å²) < 4.78 is 0. The number of rotatable bonds is 4. The fraction of sp³-hybridized carbons (Fsp3) is 0.333. The third-order valence-electron chi connectivity index (χ3n) is 2.42. The minimum Gasteiger partial charge on any atom is -0.480 e. The van der Waals surface area contributed by atoms with Crippen molar-refractivity contribution in [3.05, 3.63) is 29.3 Å². The van der Waals surface area contributed by atoms with E-state index in [1.54, 1.807) is 6.07 Å². The number of carboxylic acid groups (broad SMARTS) is 1. The average molecular weight is 252 g/mol. The SMILES string of the molecule is Cc1ccc(NC(=O)NC(CO)C(=O)O)c(C)c1. The second kappa shape index (κ2) is 6.02. The summed E-state index contributed by atoms with van der Waals surface area (Å²) in [5.41, 5.74) is 2.54. The van der Waals surface area contributed by atoms with Crippen molar-refractivity contribution in [3.8, 4) is 0 Å². The van der Waals surface area contributed by atoms with Gasteiger partial charge in [-0.15, -0.1) is 0 Å². The second-order valence-corrected chi connectivity index (χ2v) is 3.99. The van der Waals surface area contributed by atoms with Gasteiger partial charge in [0.05, 0.1) is 6.61 Å². The van der Waals surface area contributed by atoms with Crippen molar-refractivity contribution in [1.29, 1.82) is 0 Å². The minimum atomic E-state index is -1.31. The molecule has 0 saturated heterocycles. The summed E-state index contributed by atoms with van der Waals surface area (Å²) in [6, 6.07) is 3.50. The number of carboxylic acids is 1. The van der Waals surface area contributed by atoms with Gasteiger partial charge in [-0.25, -0.2) is 9.59 Å². The van der Waals surface area contributed by atoms with Gasteiger partial charge in [-0.1, -0.05) is 17.7 Å². The van der Waals surface area contributed by atoms with Crippen LogP contribution in [-0.2, 0) is 4.79 Å². The first-order valence-corrected chi connectivity index (χ1v) is 5.42. The van der Waals surface area contributed by atoms with Gasteiger partial charge in [0.2, 0.25) is 0 Å². The quantitative estimate of drug-likeness (QED) is 0.639. The molecule has 1 atom stereocenters. The van der Waals surface area contributed by atoms with Crippen LogP contribution in [0.2, 0.25) is 0 Å². The normalized spacial score (nSPS) is 11.7. The monoisotopic (exact) mass is 252 g/mol. The zero-order chi connectivity index (χ0) is 13.7. The number of aryl methyl sites for hydroxylation is 2. The molecular weight excluding hydrogens is 236 g/mol. The Balaban J connectivity index is 2.67. The summed E-state index contributed by atoms with van der Waals surface area (Å²) >= 11 is 0. The lowest BCUT2D eigenvalue weighted by atomic mass is 10.1. The fourth-order valence-corrected chi connectivity index (χ4v) is 1.46. The van der Waals surface area contributed by atoms with Gasteiger partial charge in [0.15, 0.2) is 6.04 Å². The third-order valence-corrected chi connectivity index (χ3v) is 2.42. The molecule has 6 nitrogen and oxygen atoms in total. The molecule has 1 rings (SSSR count). The molecule has 0 aliphatic carbocycles. The van der Waals surface area contributed by atoms with Gasteiger partial charge in [-0.3, -0.25) is 0 Å². The number of aliphatic hydroxyl groups excluding tert-OH is 1. The molecule has 1 aromatic carbocycles. The molecule has 98 valence electrons. The van der Waals surface area contributed by atoms with Gasteiger partial charge in [0, 0.05) is 5.69 Å². The van der Waals surface area contributed by atoms with Crippen molar-refractivity contribution in [2.24, 2.45) is 0 Å². The van der Waals surface area contributed by atoms with Crippen LogP contribution in [0.1, 0.15) is 11.1 Å². The number of benzene rings is 1. The molecule has 0 bridgehead atoms. The molecule has 0 aliphatic heterocycles. The molecule has 18 heavy (non-hydrogen) atoms. The van der Waals surface area contributed by atoms with E-state index in [-0.39, 0.29) is 0 Å². The molecule has 6 heteroatoms. The van der Waals surface area contributed by atoms with Crippen LogP contribution in [-0.4, -0.2) is 34.9 Å². The molecular formula is C12H16N2O4. The van der Waals surface area contributed by atoms with Gasteiger partial charge >= 0.3 is 12.0 Å². The van der Waals surface area contributed by atoms with Crippen LogP contribution >= 0.6 is 0 Å². The number of aliphatic carboxylic acids is 1. The number of carbonyl (C=O) groups excluding carboxylic acids is 1. The van der Waals surface area contributed by atoms with E-state index in [2.05, 4.69) is 10.6 Å². The summed E-state index contributed by atoms with van der Waals surface area (Å²) in [7, 11) is 0. The highest BCUT2D eigenvalue weighted by molar-refractivity contribution is 5.92. The Hall–Kier alpha value is -2.08. The highest BCUT2D eigenvalue weighted by atomic mass is 16.4. The van der Waals surface area contributed by atoms with E-state index in [1.807, 2.05) is 26.0 Å². The number of anilines is 1. The second-order valence-electron chi connectivity index (χ2n) is 3.99. The standard InChI is InChI=1S/C12H16N2O4/c1-7-3-4-9(8(2)5-7)13-12(18)14-10(6-15)11(16)17/h3-5,10,15H,6H2,1-2H3,(H,16,17)(H2,13,14,18). The first kappa shape index (κ1) is 14.0. The highest BCUT2D eigenvalue weighted by Gasteiger charge is 2.18. The molecule has 0 spiro atoms. The lowest BCUT2D eigenvalue weighted by Gasteiger charge is -2.14. The summed E-state index contributed by atoms with van der Waals surface area (Å²) in [5, 5.41) is 22.1. The molecule has 0 saturated carbocycles. The van der Waals surface area contributed by atoms with Gasteiger partial charge in [0.25, 0.3) is 0 Å². The first-order valence-electron chi connectivity index (χ1n) is 5.42. The van der Waals surface area contributed by atoms with E-state index in [0.717, 1.165) is 11.1 Å². The van der Waals surface area contributed by atoms with Crippen molar-refractivity contribution in [2.75, 3.05) is 11.9 Å². The molecule has 0 aromatic heterocycles. The van der Waals surface area contributed by atoms with Gasteiger partial charge < -0.3 is 20.8 Å². The lowest BCUT2D eigenvalue weighted by molar-refractivity contribution is -0.140. The number of aliphatic hydroxyl groups is 1. The Labute approximate surface area is 105 Å². The number of amides is 2. The van der Waals surface area contributed by atoms with E-state index in [4.69, 9.17) is 10.2 Å². The average Bonchev–Trinajstić information content (AvgIpc) is 2.29. The maximum absolute atomic E-state index is 11.5. The molecule has 0 radical (unpaired) electrons. The molecule has 0 fully saturated rings. The minimum absolute atomic E-state index is 0.597. The number of hydrogen-bond acceptors (Lipinski definition) is 3. The van der Waals surface area contributed by atoms with Crippen molar-refractivity contribution in [2.45, 2.75) is 19.9 Å². The Morgan fingerprint density at radius 1 is 1.33 bits per heavy atom. The Morgan fingerprint density at radius 2 is 2.00 bits per heavy atom. The third kappa shape index (κ3) is 3.74. The molecule has 0 heterocycles. The van der Waals surface area contributed by atoms with Gasteiger partial charge in [0.1, 0.15) is 0 Å². The molecule has 2 amide bonds. The summed E-state index contributed by atoms with van der Waals surface area (Å²) in [5.74, 6) is -1.28. The van der Waals surface area contributed by atoms with Crippen LogP contribution in [0.25, 0.3) is 0 Å². The van der Waals surface area contributed by atoms with Crippen molar-refractivity contribution in [3.63, 3.8) is 0 Å². The topological polar surface area (TPSA) is 98.7 Å². The summed E-state index contributed by atoms with van der Waals surface area (Å²) in [6.45, 7) is 3.11. The van der Waals surface area contributed by atoms with E-state index in [1.165, 1.54) is 0 Å². The number of nitrogens with one attached hydrogen (secondary N) is 2. The van der Waals surface area contributed by atoms with Crippen LogP contribution in [0.15, 0.2) is 18.2 Å². The number of urea groups is 1. The van der Waals surface area contributed by atoms with Crippen LogP contribution in [0.3, 0.4) is 0 Å². The summed E-state index contributed by atoms with van der Waals surface area (Å²) in [4.78, 5) is 22.2. The summed E-state index contributed by atoms with van der Waals surface area (Å²) in [6.07, 6.45) is 0. The molecule has 0 aliphatic rings. The highest BCUT2D eigenvalue weighted by Crippen LogP contribution is 2.15. The maximum Gasteiger partial charge on any atom is 0.328 e. The predicted molar refractivity (Wildman–Crippen MR) is 66.6 cm³/mol. The smallest absolute Gasteiger partial charge is 0.328 e. The van der Waals surface area contributed by atoms with Crippen LogP contribution in [0.4, 0.5) is 10.5 Å². The van der Waals surface area contributed by atoms with E-state index < -0.39 is 24.6 Å². The van der Waals surface area contributed by atoms with Crippen molar-refractivity contribution in [1.82, 2.24) is 5.32 Å². The van der Waals surface area contributed by atoms with E-state index in [0.29, 0.717) is 5.69 Å². The number of carbonyl (C=O) groups is 2. The zero-order valence-electron chi connectivity index (χ0n) is 10.2. The number of hydrogen-bond donors (Lipinski definition) is 4. The van der Waals surface area contributed by atoms with Crippen LogP contribution < -0.4 is 10.6 Å². The van der Waals surface area contributed by atoms with Crippen LogP contribution in [0, 0.1) is 13.8 Å². The van der Waals surface area contributed by atoms with Crippen molar-refractivity contribution >= 4 is 17.7 Å². The Morgan fingerprint density at radius 3 is 2.50 bits per heavy atom. The van der Waals surface area contributed by atoms with Crippen LogP contribution in [0.5, 0.6) is 0 Å². The van der Waals surface area contributed by atoms with Gasteiger partial charge in [-0.2, -0.15) is 0 Å².